The van der Waals surface area contributed by atoms with Crippen LogP contribution >= 0.6 is 0 Å². The van der Waals surface area contributed by atoms with Crippen LogP contribution in [0.4, 0.5) is 10.1 Å². The Bertz CT molecular complexity index is 698. The molecule has 0 aromatic heterocycles. The van der Waals surface area contributed by atoms with Gasteiger partial charge >= 0.3 is 0 Å². The van der Waals surface area contributed by atoms with Gasteiger partial charge in [0.05, 0.1) is 17.4 Å². The molecule has 0 fully saturated rings. The molecule has 1 N–H and O–H groups in total. The highest BCUT2D eigenvalue weighted by Crippen LogP contribution is 2.27. The number of benzene rings is 2. The Labute approximate surface area is 127 Å². The summed E-state index contributed by atoms with van der Waals surface area (Å²) < 4.78 is 19.2. The van der Waals surface area contributed by atoms with Crippen molar-refractivity contribution in [2.75, 3.05) is 5.32 Å². The molecule has 4 nitrogen and oxygen atoms in total. The van der Waals surface area contributed by atoms with Crippen molar-refractivity contribution < 1.29 is 18.7 Å². The molecule has 0 atom stereocenters. The number of halogens is 1. The molecule has 2 rings (SSSR count). The molecule has 0 bridgehead atoms. The van der Waals surface area contributed by atoms with Crippen LogP contribution in [0.2, 0.25) is 0 Å². The molecule has 0 saturated carbocycles. The van der Waals surface area contributed by atoms with Crippen molar-refractivity contribution in [1.82, 2.24) is 0 Å². The molecule has 0 radical (unpaired) electrons. The average Bonchev–Trinajstić information content (AvgIpc) is 2.48. The van der Waals surface area contributed by atoms with Crippen molar-refractivity contribution in [3.63, 3.8) is 0 Å². The maximum atomic E-state index is 13.7. The lowest BCUT2D eigenvalue weighted by atomic mass is 10.1. The summed E-state index contributed by atoms with van der Waals surface area (Å²) in [7, 11) is 0. The van der Waals surface area contributed by atoms with Gasteiger partial charge in [0.15, 0.2) is 0 Å². The zero-order chi connectivity index (χ0) is 16.1. The third kappa shape index (κ3) is 3.69. The smallest absolute Gasteiger partial charge is 0.258 e. The summed E-state index contributed by atoms with van der Waals surface area (Å²) in [4.78, 5) is 23.1. The quantitative estimate of drug-likeness (QED) is 0.857. The summed E-state index contributed by atoms with van der Waals surface area (Å²) in [5.41, 5.74) is 0.640. The number of amides is 1. The van der Waals surface area contributed by atoms with E-state index in [2.05, 4.69) is 5.32 Å². The fraction of sp³-hybridized carbons (Fsp3) is 0.176. The molecule has 0 unspecified atom stereocenters. The van der Waals surface area contributed by atoms with Crippen LogP contribution in [-0.2, 0) is 0 Å². The van der Waals surface area contributed by atoms with Gasteiger partial charge in [-0.05, 0) is 44.2 Å². The molecule has 22 heavy (non-hydrogen) atoms. The number of carbonyl (C=O) groups is 2. The first-order chi connectivity index (χ1) is 10.5. The molecule has 114 valence electrons. The molecular weight excluding hydrogens is 285 g/mol. The van der Waals surface area contributed by atoms with Crippen molar-refractivity contribution in [1.29, 1.82) is 0 Å². The van der Waals surface area contributed by atoms with Gasteiger partial charge in [0.2, 0.25) is 0 Å². The summed E-state index contributed by atoms with van der Waals surface area (Å²) in [6.45, 7) is 3.69. The molecular formula is C17H16FNO3. The van der Waals surface area contributed by atoms with E-state index in [-0.39, 0.29) is 11.7 Å². The summed E-state index contributed by atoms with van der Waals surface area (Å²) >= 11 is 0. The van der Waals surface area contributed by atoms with Crippen molar-refractivity contribution in [3.8, 4) is 5.75 Å². The van der Waals surface area contributed by atoms with E-state index >= 15 is 0 Å². The minimum Gasteiger partial charge on any atom is -0.489 e. The van der Waals surface area contributed by atoms with E-state index in [0.717, 1.165) is 0 Å². The van der Waals surface area contributed by atoms with Gasteiger partial charge in [-0.15, -0.1) is 0 Å². The van der Waals surface area contributed by atoms with Crippen LogP contribution in [0.5, 0.6) is 5.75 Å². The van der Waals surface area contributed by atoms with E-state index < -0.39 is 11.7 Å². The van der Waals surface area contributed by atoms with Gasteiger partial charge in [0.1, 0.15) is 17.9 Å². The summed E-state index contributed by atoms with van der Waals surface area (Å²) in [5.74, 6) is -0.794. The lowest BCUT2D eigenvalue weighted by Crippen LogP contribution is -2.16. The first kappa shape index (κ1) is 15.7. The predicted octanol–water partition coefficient (Wildman–Crippen LogP) is 3.68. The van der Waals surface area contributed by atoms with Crippen molar-refractivity contribution in [3.05, 3.63) is 59.4 Å². The second kappa shape index (κ2) is 6.85. The molecule has 0 aliphatic carbocycles. The lowest BCUT2D eigenvalue weighted by Gasteiger charge is -2.15. The highest BCUT2D eigenvalue weighted by atomic mass is 19.1. The van der Waals surface area contributed by atoms with Crippen LogP contribution in [0, 0.1) is 5.82 Å². The van der Waals surface area contributed by atoms with Crippen molar-refractivity contribution in [2.45, 2.75) is 20.0 Å². The molecule has 0 saturated heterocycles. The predicted molar refractivity (Wildman–Crippen MR) is 81.9 cm³/mol. The summed E-state index contributed by atoms with van der Waals surface area (Å²) in [6, 6.07) is 10.4. The molecule has 0 spiro atoms. The minimum absolute atomic E-state index is 0.0745. The Balaban J connectivity index is 2.32. The Morgan fingerprint density at radius 3 is 2.59 bits per heavy atom. The molecule has 0 aliphatic heterocycles. The fourth-order valence-corrected chi connectivity index (χ4v) is 1.91. The Hall–Kier alpha value is -2.69. The average molecular weight is 301 g/mol. The van der Waals surface area contributed by atoms with Crippen LogP contribution in [-0.4, -0.2) is 18.3 Å². The number of rotatable bonds is 5. The fourth-order valence-electron chi connectivity index (χ4n) is 1.91. The van der Waals surface area contributed by atoms with Crippen LogP contribution in [0.15, 0.2) is 42.5 Å². The molecule has 0 heterocycles. The first-order valence-electron chi connectivity index (χ1n) is 6.83. The van der Waals surface area contributed by atoms with E-state index in [0.29, 0.717) is 23.3 Å². The van der Waals surface area contributed by atoms with Crippen LogP contribution in [0.3, 0.4) is 0 Å². The molecule has 2 aromatic rings. The largest absolute Gasteiger partial charge is 0.489 e. The number of ether oxygens (including phenoxy) is 1. The first-order valence-corrected chi connectivity index (χ1v) is 6.83. The number of aldehydes is 1. The van der Waals surface area contributed by atoms with Gasteiger partial charge in [-0.25, -0.2) is 4.39 Å². The summed E-state index contributed by atoms with van der Waals surface area (Å²) in [6.07, 6.45) is 0.559. The van der Waals surface area contributed by atoms with Gasteiger partial charge in [-0.3, -0.25) is 9.59 Å². The number of nitrogens with one attached hydrogen (secondary N) is 1. The molecule has 1 amide bonds. The van der Waals surface area contributed by atoms with E-state index in [1.54, 1.807) is 18.2 Å². The maximum Gasteiger partial charge on any atom is 0.258 e. The molecule has 5 heteroatoms. The second-order valence-corrected chi connectivity index (χ2v) is 4.97. The SMILES string of the molecule is CC(C)Oc1ccc(C=O)cc1NC(=O)c1ccccc1F. The third-order valence-electron chi connectivity index (χ3n) is 2.87. The standard InChI is InChI=1S/C17H16FNO3/c1-11(2)22-16-8-7-12(10-20)9-15(16)19-17(21)13-5-3-4-6-14(13)18/h3-11H,1-2H3,(H,19,21). The highest BCUT2D eigenvalue weighted by molar-refractivity contribution is 6.05. The van der Waals surface area contributed by atoms with Gasteiger partial charge < -0.3 is 10.1 Å². The van der Waals surface area contributed by atoms with E-state index in [4.69, 9.17) is 4.74 Å². The van der Waals surface area contributed by atoms with Crippen molar-refractivity contribution >= 4 is 17.9 Å². The molecule has 2 aromatic carbocycles. The number of hydrogen-bond acceptors (Lipinski definition) is 3. The Morgan fingerprint density at radius 2 is 1.95 bits per heavy atom. The van der Waals surface area contributed by atoms with Crippen LogP contribution in [0.1, 0.15) is 34.6 Å². The van der Waals surface area contributed by atoms with Crippen LogP contribution in [0.25, 0.3) is 0 Å². The van der Waals surface area contributed by atoms with Gasteiger partial charge in [-0.2, -0.15) is 0 Å². The Kier molecular flexibility index (Phi) is 4.88. The van der Waals surface area contributed by atoms with Gasteiger partial charge in [0, 0.05) is 5.56 Å². The van der Waals surface area contributed by atoms with E-state index in [9.17, 15) is 14.0 Å². The number of anilines is 1. The van der Waals surface area contributed by atoms with E-state index in [1.807, 2.05) is 13.8 Å². The zero-order valence-electron chi connectivity index (χ0n) is 12.3. The van der Waals surface area contributed by atoms with Crippen LogP contribution < -0.4 is 10.1 Å². The molecule has 0 aliphatic rings. The van der Waals surface area contributed by atoms with Gasteiger partial charge in [0.25, 0.3) is 5.91 Å². The number of hydrogen-bond donors (Lipinski definition) is 1. The van der Waals surface area contributed by atoms with Crippen molar-refractivity contribution in [2.24, 2.45) is 0 Å². The highest BCUT2D eigenvalue weighted by Gasteiger charge is 2.14. The zero-order valence-corrected chi connectivity index (χ0v) is 12.3. The lowest BCUT2D eigenvalue weighted by molar-refractivity contribution is 0.102. The summed E-state index contributed by atoms with van der Waals surface area (Å²) in [5, 5.41) is 2.58. The second-order valence-electron chi connectivity index (χ2n) is 4.97. The normalized spacial score (nSPS) is 10.4. The monoisotopic (exact) mass is 301 g/mol. The Morgan fingerprint density at radius 1 is 1.23 bits per heavy atom. The minimum atomic E-state index is -0.613. The van der Waals surface area contributed by atoms with Gasteiger partial charge in [-0.1, -0.05) is 12.1 Å². The maximum absolute atomic E-state index is 13.7. The van der Waals surface area contributed by atoms with E-state index in [1.165, 1.54) is 24.3 Å². The topological polar surface area (TPSA) is 55.4 Å². The third-order valence-corrected chi connectivity index (χ3v) is 2.87. The number of carbonyl (C=O) groups excluding carboxylic acids is 2.